The van der Waals surface area contributed by atoms with Crippen LogP contribution in [0, 0.1) is 5.41 Å². The molecular formula is C8H20N4. The summed E-state index contributed by atoms with van der Waals surface area (Å²) in [6, 6.07) is 0. The Morgan fingerprint density at radius 2 is 2.00 bits per heavy atom. The summed E-state index contributed by atoms with van der Waals surface area (Å²) in [4.78, 5) is 3.90. The van der Waals surface area contributed by atoms with Gasteiger partial charge in [-0.3, -0.25) is 10.4 Å². The van der Waals surface area contributed by atoms with Gasteiger partial charge in [-0.2, -0.15) is 0 Å². The molecule has 4 N–H and O–H groups in total. The first-order chi connectivity index (χ1) is 5.49. The number of nitrogens with zero attached hydrogens (tertiary/aromatic N) is 1. The van der Waals surface area contributed by atoms with Gasteiger partial charge in [0.1, 0.15) is 0 Å². The summed E-state index contributed by atoms with van der Waals surface area (Å²) in [5.74, 6) is 5.83. The predicted octanol–water partition coefficient (Wildman–Crippen LogP) is 0.461. The van der Waals surface area contributed by atoms with Gasteiger partial charge >= 0.3 is 0 Å². The Balaban J connectivity index is 3.56. The van der Waals surface area contributed by atoms with E-state index in [9.17, 15) is 0 Å². The number of hydrogen-bond donors (Lipinski definition) is 3. The van der Waals surface area contributed by atoms with Crippen LogP contribution in [0.3, 0.4) is 0 Å². The van der Waals surface area contributed by atoms with Gasteiger partial charge in [0.25, 0.3) is 0 Å². The van der Waals surface area contributed by atoms with E-state index in [2.05, 4.69) is 36.5 Å². The highest BCUT2D eigenvalue weighted by Crippen LogP contribution is 2.16. The zero-order valence-electron chi connectivity index (χ0n) is 8.44. The highest BCUT2D eigenvalue weighted by molar-refractivity contribution is 5.78. The van der Waals surface area contributed by atoms with E-state index in [1.54, 1.807) is 7.05 Å². The lowest BCUT2D eigenvalue weighted by atomic mass is 9.92. The second kappa shape index (κ2) is 4.98. The topological polar surface area (TPSA) is 62.4 Å². The van der Waals surface area contributed by atoms with Gasteiger partial charge in [0.15, 0.2) is 0 Å². The quantitative estimate of drug-likeness (QED) is 0.245. The van der Waals surface area contributed by atoms with Gasteiger partial charge in [0.2, 0.25) is 5.96 Å². The third-order valence-electron chi connectivity index (χ3n) is 1.53. The van der Waals surface area contributed by atoms with Crippen LogP contribution >= 0.6 is 0 Å². The zero-order chi connectivity index (χ0) is 9.61. The van der Waals surface area contributed by atoms with Crippen molar-refractivity contribution in [1.29, 1.82) is 0 Å². The van der Waals surface area contributed by atoms with Crippen LogP contribution < -0.4 is 16.6 Å². The van der Waals surface area contributed by atoms with Gasteiger partial charge in [-0.05, 0) is 11.8 Å². The SMILES string of the molecule is CN=C(NN)NCCC(C)(C)C. The van der Waals surface area contributed by atoms with Crippen molar-refractivity contribution in [3.8, 4) is 0 Å². The highest BCUT2D eigenvalue weighted by atomic mass is 15.3. The number of nitrogens with two attached hydrogens (primary N) is 1. The van der Waals surface area contributed by atoms with Crippen LogP contribution in [0.5, 0.6) is 0 Å². The number of hydrazine groups is 1. The lowest BCUT2D eigenvalue weighted by Crippen LogP contribution is -2.42. The molecule has 0 aliphatic rings. The average Bonchev–Trinajstić information content (AvgIpc) is 1.96. The van der Waals surface area contributed by atoms with Crippen molar-refractivity contribution in [3.63, 3.8) is 0 Å². The summed E-state index contributed by atoms with van der Waals surface area (Å²) in [6.45, 7) is 7.49. The minimum absolute atomic E-state index is 0.348. The van der Waals surface area contributed by atoms with Gasteiger partial charge in [-0.25, -0.2) is 5.84 Å². The standard InChI is InChI=1S/C8H20N4/c1-8(2,3)5-6-11-7(10-4)12-9/h5-6,9H2,1-4H3,(H2,10,11,12). The lowest BCUT2D eigenvalue weighted by Gasteiger charge is -2.18. The fourth-order valence-corrected chi connectivity index (χ4v) is 0.751. The molecule has 0 aromatic rings. The zero-order valence-corrected chi connectivity index (χ0v) is 8.44. The summed E-state index contributed by atoms with van der Waals surface area (Å²) >= 11 is 0. The van der Waals surface area contributed by atoms with E-state index in [4.69, 9.17) is 5.84 Å². The minimum Gasteiger partial charge on any atom is -0.355 e. The summed E-state index contributed by atoms with van der Waals surface area (Å²) in [5, 5.41) is 3.09. The van der Waals surface area contributed by atoms with E-state index in [0.717, 1.165) is 13.0 Å². The van der Waals surface area contributed by atoms with Crippen molar-refractivity contribution in [2.24, 2.45) is 16.3 Å². The molecule has 0 aliphatic carbocycles. The molecule has 4 nitrogen and oxygen atoms in total. The van der Waals surface area contributed by atoms with Crippen molar-refractivity contribution in [3.05, 3.63) is 0 Å². The summed E-state index contributed by atoms with van der Waals surface area (Å²) in [6.07, 6.45) is 1.09. The molecule has 0 fully saturated rings. The largest absolute Gasteiger partial charge is 0.355 e. The second-order valence-corrected chi connectivity index (χ2v) is 3.95. The van der Waals surface area contributed by atoms with Crippen molar-refractivity contribution >= 4 is 5.96 Å². The van der Waals surface area contributed by atoms with Gasteiger partial charge in [0, 0.05) is 13.6 Å². The Labute approximate surface area is 74.6 Å². The van der Waals surface area contributed by atoms with Gasteiger partial charge in [0.05, 0.1) is 0 Å². The number of nitrogens with one attached hydrogen (secondary N) is 2. The molecule has 0 aromatic heterocycles. The van der Waals surface area contributed by atoms with Gasteiger partial charge in [-0.1, -0.05) is 20.8 Å². The number of guanidine groups is 1. The summed E-state index contributed by atoms with van der Waals surface area (Å²) in [5.41, 5.74) is 2.82. The molecule has 0 radical (unpaired) electrons. The monoisotopic (exact) mass is 172 g/mol. The fraction of sp³-hybridized carbons (Fsp3) is 0.875. The van der Waals surface area contributed by atoms with Crippen LogP contribution in [0.2, 0.25) is 0 Å². The molecule has 0 heterocycles. The van der Waals surface area contributed by atoms with E-state index >= 15 is 0 Å². The molecular weight excluding hydrogens is 152 g/mol. The molecule has 0 atom stereocenters. The Morgan fingerprint density at radius 3 is 2.33 bits per heavy atom. The van der Waals surface area contributed by atoms with E-state index in [0.29, 0.717) is 11.4 Å². The minimum atomic E-state index is 0.348. The molecule has 0 spiro atoms. The van der Waals surface area contributed by atoms with E-state index < -0.39 is 0 Å². The maximum atomic E-state index is 5.19. The molecule has 0 rings (SSSR count). The molecule has 0 unspecified atom stereocenters. The summed E-state index contributed by atoms with van der Waals surface area (Å²) in [7, 11) is 1.69. The lowest BCUT2D eigenvalue weighted by molar-refractivity contribution is 0.377. The van der Waals surface area contributed by atoms with Crippen molar-refractivity contribution < 1.29 is 0 Å². The number of aliphatic imine (C=N–C) groups is 1. The second-order valence-electron chi connectivity index (χ2n) is 3.95. The van der Waals surface area contributed by atoms with Crippen molar-refractivity contribution in [1.82, 2.24) is 10.7 Å². The van der Waals surface area contributed by atoms with Gasteiger partial charge < -0.3 is 5.32 Å². The van der Waals surface area contributed by atoms with Crippen LogP contribution in [-0.4, -0.2) is 19.6 Å². The fourth-order valence-electron chi connectivity index (χ4n) is 0.751. The Morgan fingerprint density at radius 1 is 1.42 bits per heavy atom. The Hall–Kier alpha value is -0.770. The molecule has 0 saturated carbocycles. The van der Waals surface area contributed by atoms with Crippen molar-refractivity contribution in [2.75, 3.05) is 13.6 Å². The Bertz CT molecular complexity index is 146. The van der Waals surface area contributed by atoms with E-state index in [1.807, 2.05) is 0 Å². The third kappa shape index (κ3) is 5.97. The molecule has 72 valence electrons. The molecule has 0 bridgehead atoms. The number of hydrogen-bond acceptors (Lipinski definition) is 2. The molecule has 0 saturated heterocycles. The first-order valence-electron chi connectivity index (χ1n) is 4.17. The molecule has 0 aliphatic heterocycles. The third-order valence-corrected chi connectivity index (χ3v) is 1.53. The maximum Gasteiger partial charge on any atom is 0.205 e. The van der Waals surface area contributed by atoms with Crippen LogP contribution in [-0.2, 0) is 0 Å². The van der Waals surface area contributed by atoms with Crippen LogP contribution in [0.25, 0.3) is 0 Å². The smallest absolute Gasteiger partial charge is 0.205 e. The van der Waals surface area contributed by atoms with Crippen molar-refractivity contribution in [2.45, 2.75) is 27.2 Å². The van der Waals surface area contributed by atoms with Crippen LogP contribution in [0.4, 0.5) is 0 Å². The summed E-state index contributed by atoms with van der Waals surface area (Å²) < 4.78 is 0. The normalized spacial score (nSPS) is 12.9. The molecule has 0 aromatic carbocycles. The molecule has 4 heteroatoms. The first-order valence-corrected chi connectivity index (χ1v) is 4.17. The van der Waals surface area contributed by atoms with E-state index in [1.165, 1.54) is 0 Å². The highest BCUT2D eigenvalue weighted by Gasteiger charge is 2.09. The molecule has 0 amide bonds. The van der Waals surface area contributed by atoms with Crippen LogP contribution in [0.1, 0.15) is 27.2 Å². The predicted molar refractivity (Wildman–Crippen MR) is 52.8 cm³/mol. The van der Waals surface area contributed by atoms with E-state index in [-0.39, 0.29) is 0 Å². The van der Waals surface area contributed by atoms with Crippen LogP contribution in [0.15, 0.2) is 4.99 Å². The first kappa shape index (κ1) is 11.2. The molecule has 12 heavy (non-hydrogen) atoms. The number of rotatable bonds is 2. The van der Waals surface area contributed by atoms with Gasteiger partial charge in [-0.15, -0.1) is 0 Å². The average molecular weight is 172 g/mol. The maximum absolute atomic E-state index is 5.19. The Kier molecular flexibility index (Phi) is 4.66.